The Kier molecular flexibility index (Phi) is 7.23. The van der Waals surface area contributed by atoms with E-state index >= 15 is 0 Å². The highest BCUT2D eigenvalue weighted by molar-refractivity contribution is 7.90. The fourth-order valence-electron chi connectivity index (χ4n) is 3.30. The van der Waals surface area contributed by atoms with Gasteiger partial charge < -0.3 is 5.32 Å². The number of halogens is 4. The fraction of sp³-hybridized carbons (Fsp3) is 0.182. The molecule has 1 aromatic carbocycles. The standard InChI is InChI=1S/C22H17ClF3N7O3S/c1-11(12-5-28-22(29-6-12)37(2,35)36)33-10-13(7-30-33)31-21(34)17-9-27-8-16(32-17)18-14(20(25)26)3-4-15(23)19(18)24/h3-11,20H,1-2H3,(H,31,34)/t11-/m1/s1. The molecule has 1 N–H and O–H groups in total. The highest BCUT2D eigenvalue weighted by Gasteiger charge is 2.23. The second kappa shape index (κ2) is 10.2. The number of amides is 1. The summed E-state index contributed by atoms with van der Waals surface area (Å²) < 4.78 is 66.1. The Morgan fingerprint density at radius 1 is 1.11 bits per heavy atom. The minimum atomic E-state index is -3.55. The number of aromatic nitrogens is 6. The number of benzene rings is 1. The van der Waals surface area contributed by atoms with Crippen molar-refractivity contribution in [2.45, 2.75) is 24.5 Å². The lowest BCUT2D eigenvalue weighted by Crippen LogP contribution is -2.14. The third kappa shape index (κ3) is 5.59. The summed E-state index contributed by atoms with van der Waals surface area (Å²) in [6.07, 6.45) is 5.69. The molecule has 0 spiro atoms. The van der Waals surface area contributed by atoms with E-state index in [0.29, 0.717) is 5.56 Å². The van der Waals surface area contributed by atoms with Crippen LogP contribution in [0.2, 0.25) is 5.02 Å². The van der Waals surface area contributed by atoms with Crippen molar-refractivity contribution in [1.82, 2.24) is 29.7 Å². The van der Waals surface area contributed by atoms with E-state index in [1.807, 2.05) is 0 Å². The van der Waals surface area contributed by atoms with E-state index in [2.05, 4.69) is 30.4 Å². The molecule has 4 rings (SSSR count). The first-order valence-electron chi connectivity index (χ1n) is 10.4. The zero-order valence-electron chi connectivity index (χ0n) is 19.1. The molecular weight excluding hydrogens is 535 g/mol. The number of carbonyl (C=O) groups is 1. The van der Waals surface area contributed by atoms with Gasteiger partial charge in [0, 0.05) is 41.5 Å². The molecule has 4 aromatic rings. The lowest BCUT2D eigenvalue weighted by Gasteiger charge is -2.12. The monoisotopic (exact) mass is 551 g/mol. The maximum atomic E-state index is 14.6. The summed E-state index contributed by atoms with van der Waals surface area (Å²) in [5, 5.41) is 6.04. The summed E-state index contributed by atoms with van der Waals surface area (Å²) >= 11 is 5.76. The molecule has 37 heavy (non-hydrogen) atoms. The largest absolute Gasteiger partial charge is 0.318 e. The summed E-state index contributed by atoms with van der Waals surface area (Å²) in [5.74, 6) is -1.85. The van der Waals surface area contributed by atoms with Gasteiger partial charge in [-0.2, -0.15) is 5.10 Å². The van der Waals surface area contributed by atoms with Crippen molar-refractivity contribution in [3.63, 3.8) is 0 Å². The van der Waals surface area contributed by atoms with E-state index in [1.165, 1.54) is 29.5 Å². The first-order valence-corrected chi connectivity index (χ1v) is 12.7. The van der Waals surface area contributed by atoms with Gasteiger partial charge in [0.15, 0.2) is 5.82 Å². The Labute approximate surface area is 213 Å². The van der Waals surface area contributed by atoms with Crippen LogP contribution < -0.4 is 5.32 Å². The summed E-state index contributed by atoms with van der Waals surface area (Å²) in [7, 11) is -3.55. The SMILES string of the molecule is C[C@H](c1cnc(S(C)(=O)=O)nc1)n1cc(NC(=O)c2cncc(-c3c(C(F)F)ccc(Cl)c3F)n2)cn1. The quantitative estimate of drug-likeness (QED) is 0.339. The maximum absolute atomic E-state index is 14.6. The first-order chi connectivity index (χ1) is 17.5. The number of nitrogens with zero attached hydrogens (tertiary/aromatic N) is 6. The van der Waals surface area contributed by atoms with Gasteiger partial charge in [0.1, 0.15) is 5.69 Å². The van der Waals surface area contributed by atoms with Gasteiger partial charge in [0.2, 0.25) is 15.0 Å². The summed E-state index contributed by atoms with van der Waals surface area (Å²) in [5.41, 5.74) is -0.911. The molecular formula is C22H17ClF3N7O3S. The third-order valence-corrected chi connectivity index (χ3v) is 6.37. The number of nitrogens with one attached hydrogen (secondary N) is 1. The number of carbonyl (C=O) groups excluding carboxylic acids is 1. The van der Waals surface area contributed by atoms with Crippen LogP contribution in [-0.2, 0) is 9.84 Å². The van der Waals surface area contributed by atoms with Crippen LogP contribution in [0.3, 0.4) is 0 Å². The Morgan fingerprint density at radius 3 is 2.46 bits per heavy atom. The topological polar surface area (TPSA) is 133 Å². The van der Waals surface area contributed by atoms with E-state index in [4.69, 9.17) is 11.6 Å². The summed E-state index contributed by atoms with van der Waals surface area (Å²) in [6.45, 7) is 1.76. The first kappa shape index (κ1) is 26.2. The Bertz CT molecular complexity index is 1580. The second-order valence-corrected chi connectivity index (χ2v) is 10.1. The number of sulfone groups is 1. The van der Waals surface area contributed by atoms with Gasteiger partial charge in [-0.05, 0) is 13.0 Å². The van der Waals surface area contributed by atoms with Crippen LogP contribution >= 0.6 is 11.6 Å². The molecule has 192 valence electrons. The number of rotatable bonds is 7. The van der Waals surface area contributed by atoms with Crippen LogP contribution in [0, 0.1) is 5.82 Å². The number of anilines is 1. The van der Waals surface area contributed by atoms with Crippen molar-refractivity contribution in [2.24, 2.45) is 0 Å². The lowest BCUT2D eigenvalue weighted by atomic mass is 10.0. The molecule has 15 heteroatoms. The number of hydrogen-bond acceptors (Lipinski definition) is 8. The Hall–Kier alpha value is -3.91. The number of alkyl halides is 2. The minimum Gasteiger partial charge on any atom is -0.318 e. The molecule has 0 fully saturated rings. The normalized spacial score (nSPS) is 12.5. The summed E-state index contributed by atoms with van der Waals surface area (Å²) in [6, 6.07) is 1.58. The minimum absolute atomic E-state index is 0.261. The van der Waals surface area contributed by atoms with Crippen molar-refractivity contribution < 1.29 is 26.4 Å². The van der Waals surface area contributed by atoms with E-state index in [1.54, 1.807) is 6.92 Å². The molecule has 10 nitrogen and oxygen atoms in total. The van der Waals surface area contributed by atoms with Crippen molar-refractivity contribution in [1.29, 1.82) is 0 Å². The molecule has 0 saturated carbocycles. The summed E-state index contributed by atoms with van der Waals surface area (Å²) in [4.78, 5) is 28.3. The van der Waals surface area contributed by atoms with Crippen molar-refractivity contribution in [3.8, 4) is 11.3 Å². The molecule has 0 bridgehead atoms. The van der Waals surface area contributed by atoms with Crippen molar-refractivity contribution in [2.75, 3.05) is 11.6 Å². The second-order valence-electron chi connectivity index (χ2n) is 7.83. The molecule has 0 aliphatic carbocycles. The van der Waals surface area contributed by atoms with Crippen LogP contribution in [0.4, 0.5) is 18.9 Å². The Balaban J connectivity index is 1.54. The van der Waals surface area contributed by atoms with Crippen LogP contribution in [0.1, 0.15) is 41.0 Å². The van der Waals surface area contributed by atoms with Crippen molar-refractivity contribution >= 4 is 33.0 Å². The highest BCUT2D eigenvalue weighted by atomic mass is 35.5. The van der Waals surface area contributed by atoms with Crippen molar-refractivity contribution in [3.05, 3.63) is 77.0 Å². The lowest BCUT2D eigenvalue weighted by molar-refractivity contribution is 0.102. The smallest absolute Gasteiger partial charge is 0.275 e. The van der Waals surface area contributed by atoms with E-state index in [9.17, 15) is 26.4 Å². The molecule has 0 radical (unpaired) electrons. The third-order valence-electron chi connectivity index (χ3n) is 5.20. The van der Waals surface area contributed by atoms with E-state index in [-0.39, 0.29) is 27.3 Å². The van der Waals surface area contributed by atoms with Gasteiger partial charge in [-0.3, -0.25) is 14.5 Å². The van der Waals surface area contributed by atoms with Gasteiger partial charge in [-0.25, -0.2) is 36.5 Å². The average molecular weight is 552 g/mol. The number of hydrogen-bond donors (Lipinski definition) is 1. The van der Waals surface area contributed by atoms with E-state index in [0.717, 1.165) is 30.8 Å². The Morgan fingerprint density at radius 2 is 1.81 bits per heavy atom. The fourth-order valence-corrected chi connectivity index (χ4v) is 3.95. The molecule has 0 aliphatic rings. The zero-order chi connectivity index (χ0) is 26.9. The van der Waals surface area contributed by atoms with Crippen LogP contribution in [0.25, 0.3) is 11.3 Å². The van der Waals surface area contributed by atoms with Gasteiger partial charge in [0.05, 0.1) is 41.0 Å². The van der Waals surface area contributed by atoms with Gasteiger partial charge in [-0.15, -0.1) is 0 Å². The van der Waals surface area contributed by atoms with Gasteiger partial charge in [0.25, 0.3) is 12.3 Å². The molecule has 0 aliphatic heterocycles. The van der Waals surface area contributed by atoms with Crippen LogP contribution in [0.5, 0.6) is 0 Å². The molecule has 3 heterocycles. The van der Waals surface area contributed by atoms with Crippen LogP contribution in [0.15, 0.2) is 54.5 Å². The molecule has 1 atom stereocenters. The zero-order valence-corrected chi connectivity index (χ0v) is 20.7. The average Bonchev–Trinajstić information content (AvgIpc) is 3.33. The van der Waals surface area contributed by atoms with Gasteiger partial charge in [-0.1, -0.05) is 17.7 Å². The molecule has 0 unspecified atom stereocenters. The van der Waals surface area contributed by atoms with Crippen LogP contribution in [-0.4, -0.2) is 50.3 Å². The maximum Gasteiger partial charge on any atom is 0.275 e. The molecule has 0 saturated heterocycles. The highest BCUT2D eigenvalue weighted by Crippen LogP contribution is 2.35. The predicted octanol–water partition coefficient (Wildman–Crippen LogP) is 4.13. The molecule has 3 aromatic heterocycles. The van der Waals surface area contributed by atoms with Gasteiger partial charge >= 0.3 is 0 Å². The van der Waals surface area contributed by atoms with E-state index < -0.39 is 45.2 Å². The molecule has 1 amide bonds. The predicted molar refractivity (Wildman–Crippen MR) is 127 cm³/mol.